The van der Waals surface area contributed by atoms with Crippen molar-refractivity contribution in [2.24, 2.45) is 5.92 Å². The third kappa shape index (κ3) is 3.41. The Balaban J connectivity index is 1.33. The zero-order valence-corrected chi connectivity index (χ0v) is 16.3. The summed E-state index contributed by atoms with van der Waals surface area (Å²) in [7, 11) is 3.97. The maximum atomic E-state index is 6.14. The smallest absolute Gasteiger partial charge is 0.134 e. The molecule has 0 radical (unpaired) electrons. The first-order valence-corrected chi connectivity index (χ1v) is 9.81. The molecule has 0 amide bonds. The molecule has 2 aromatic rings. The molecule has 0 saturated carbocycles. The Morgan fingerprint density at radius 1 is 1.38 bits per heavy atom. The van der Waals surface area contributed by atoms with Crippen LogP contribution in [0.5, 0.6) is 0 Å². The van der Waals surface area contributed by atoms with Crippen LogP contribution in [0, 0.1) is 12.8 Å². The lowest BCUT2D eigenvalue weighted by Crippen LogP contribution is -2.65. The molecule has 0 N–H and O–H groups in total. The fourth-order valence-corrected chi connectivity index (χ4v) is 4.26. The van der Waals surface area contributed by atoms with Gasteiger partial charge < -0.3 is 19.3 Å². The Labute approximate surface area is 158 Å². The molecule has 7 nitrogen and oxygen atoms in total. The van der Waals surface area contributed by atoms with Gasteiger partial charge in [-0.2, -0.15) is 0 Å². The SMILES string of the molecule is Cc1nc(COCC2CCOC23CN(c2cc(N(C)C)ncn2)C3)cs1. The lowest BCUT2D eigenvalue weighted by Gasteiger charge is -2.50. The number of rotatable bonds is 6. The van der Waals surface area contributed by atoms with Gasteiger partial charge in [-0.15, -0.1) is 11.3 Å². The van der Waals surface area contributed by atoms with Crippen LogP contribution in [0.2, 0.25) is 0 Å². The Morgan fingerprint density at radius 3 is 2.96 bits per heavy atom. The lowest BCUT2D eigenvalue weighted by atomic mass is 9.81. The second kappa shape index (κ2) is 7.09. The van der Waals surface area contributed by atoms with Crippen molar-refractivity contribution in [2.45, 2.75) is 25.6 Å². The van der Waals surface area contributed by atoms with Gasteiger partial charge in [0.25, 0.3) is 0 Å². The van der Waals surface area contributed by atoms with Crippen LogP contribution in [0.15, 0.2) is 17.8 Å². The highest BCUT2D eigenvalue weighted by atomic mass is 32.1. The number of hydrogen-bond donors (Lipinski definition) is 0. The predicted octanol–water partition coefficient (Wildman–Crippen LogP) is 2.12. The summed E-state index contributed by atoms with van der Waals surface area (Å²) in [6, 6.07) is 2.03. The Bertz CT molecular complexity index is 760. The first kappa shape index (κ1) is 17.6. The zero-order valence-electron chi connectivity index (χ0n) is 15.5. The largest absolute Gasteiger partial charge is 0.375 e. The summed E-state index contributed by atoms with van der Waals surface area (Å²) in [4.78, 5) is 17.4. The molecule has 2 saturated heterocycles. The first-order chi connectivity index (χ1) is 12.6. The highest BCUT2D eigenvalue weighted by Crippen LogP contribution is 2.41. The van der Waals surface area contributed by atoms with Crippen molar-refractivity contribution < 1.29 is 9.47 Å². The van der Waals surface area contributed by atoms with Crippen molar-refractivity contribution in [2.75, 3.05) is 50.2 Å². The lowest BCUT2D eigenvalue weighted by molar-refractivity contribution is -0.0656. The Kier molecular flexibility index (Phi) is 4.81. The van der Waals surface area contributed by atoms with Crippen LogP contribution in [0.25, 0.3) is 0 Å². The number of hydrogen-bond acceptors (Lipinski definition) is 8. The predicted molar refractivity (Wildman–Crippen MR) is 102 cm³/mol. The molecule has 0 aromatic carbocycles. The van der Waals surface area contributed by atoms with E-state index in [1.54, 1.807) is 17.7 Å². The molecule has 0 aliphatic carbocycles. The molecule has 140 valence electrons. The molecule has 4 rings (SSSR count). The van der Waals surface area contributed by atoms with Crippen LogP contribution in [0.3, 0.4) is 0 Å². The molecular weight excluding hydrogens is 350 g/mol. The molecule has 1 spiro atoms. The van der Waals surface area contributed by atoms with E-state index in [1.807, 2.05) is 32.0 Å². The number of ether oxygens (including phenoxy) is 2. The van der Waals surface area contributed by atoms with E-state index >= 15 is 0 Å². The molecule has 2 aliphatic rings. The maximum absolute atomic E-state index is 6.14. The van der Waals surface area contributed by atoms with Gasteiger partial charge in [0.2, 0.25) is 0 Å². The monoisotopic (exact) mass is 375 g/mol. The molecule has 26 heavy (non-hydrogen) atoms. The molecular formula is C18H25N5O2S. The minimum Gasteiger partial charge on any atom is -0.375 e. The second-order valence-corrected chi connectivity index (χ2v) is 8.32. The third-order valence-corrected chi connectivity index (χ3v) is 6.00. The molecule has 1 unspecified atom stereocenters. The van der Waals surface area contributed by atoms with Crippen LogP contribution < -0.4 is 9.80 Å². The summed E-state index contributed by atoms with van der Waals surface area (Å²) < 4.78 is 12.1. The number of aryl methyl sites for hydroxylation is 1. The topological polar surface area (TPSA) is 63.6 Å². The van der Waals surface area contributed by atoms with Gasteiger partial charge in [-0.25, -0.2) is 15.0 Å². The molecule has 0 bridgehead atoms. The van der Waals surface area contributed by atoms with Gasteiger partial charge in [-0.1, -0.05) is 0 Å². The van der Waals surface area contributed by atoms with E-state index in [-0.39, 0.29) is 5.60 Å². The summed E-state index contributed by atoms with van der Waals surface area (Å²) in [5, 5.41) is 3.15. The minimum absolute atomic E-state index is 0.0960. The van der Waals surface area contributed by atoms with E-state index in [0.29, 0.717) is 12.5 Å². The van der Waals surface area contributed by atoms with E-state index in [1.165, 1.54) is 0 Å². The van der Waals surface area contributed by atoms with Crippen LogP contribution in [-0.4, -0.2) is 61.0 Å². The van der Waals surface area contributed by atoms with Crippen LogP contribution in [0.4, 0.5) is 11.6 Å². The van der Waals surface area contributed by atoms with Gasteiger partial charge in [-0.05, 0) is 13.3 Å². The van der Waals surface area contributed by atoms with Gasteiger partial charge in [-0.3, -0.25) is 0 Å². The molecule has 1 atom stereocenters. The minimum atomic E-state index is -0.0960. The van der Waals surface area contributed by atoms with E-state index in [4.69, 9.17) is 9.47 Å². The quantitative estimate of drug-likeness (QED) is 0.766. The summed E-state index contributed by atoms with van der Waals surface area (Å²) >= 11 is 1.67. The van der Waals surface area contributed by atoms with E-state index in [0.717, 1.165) is 55.1 Å². The van der Waals surface area contributed by atoms with Crippen LogP contribution >= 0.6 is 11.3 Å². The number of thiazole rings is 1. The van der Waals surface area contributed by atoms with Crippen molar-refractivity contribution in [1.82, 2.24) is 15.0 Å². The second-order valence-electron chi connectivity index (χ2n) is 7.26. The van der Waals surface area contributed by atoms with E-state index < -0.39 is 0 Å². The maximum Gasteiger partial charge on any atom is 0.134 e. The fourth-order valence-electron chi connectivity index (χ4n) is 3.67. The van der Waals surface area contributed by atoms with Crippen molar-refractivity contribution >= 4 is 23.0 Å². The Morgan fingerprint density at radius 2 is 2.23 bits per heavy atom. The van der Waals surface area contributed by atoms with Crippen LogP contribution in [-0.2, 0) is 16.1 Å². The van der Waals surface area contributed by atoms with Crippen molar-refractivity contribution in [3.8, 4) is 0 Å². The summed E-state index contributed by atoms with van der Waals surface area (Å²) in [6.45, 7) is 5.85. The van der Waals surface area contributed by atoms with Crippen molar-refractivity contribution in [1.29, 1.82) is 0 Å². The van der Waals surface area contributed by atoms with E-state index in [2.05, 4.69) is 25.2 Å². The van der Waals surface area contributed by atoms with Gasteiger partial charge in [0, 0.05) is 38.1 Å². The highest BCUT2D eigenvalue weighted by Gasteiger charge is 2.53. The molecule has 2 aliphatic heterocycles. The summed E-state index contributed by atoms with van der Waals surface area (Å²) in [5.74, 6) is 2.30. The highest BCUT2D eigenvalue weighted by molar-refractivity contribution is 7.09. The third-order valence-electron chi connectivity index (χ3n) is 5.17. The molecule has 2 fully saturated rings. The number of nitrogens with zero attached hydrogens (tertiary/aromatic N) is 5. The fraction of sp³-hybridized carbons (Fsp3) is 0.611. The van der Waals surface area contributed by atoms with E-state index in [9.17, 15) is 0 Å². The normalized spacial score (nSPS) is 21.2. The average molecular weight is 375 g/mol. The van der Waals surface area contributed by atoms with Gasteiger partial charge in [0.15, 0.2) is 0 Å². The van der Waals surface area contributed by atoms with Gasteiger partial charge >= 0.3 is 0 Å². The van der Waals surface area contributed by atoms with Gasteiger partial charge in [0.1, 0.15) is 23.6 Å². The Hall–Kier alpha value is -1.77. The summed E-state index contributed by atoms with van der Waals surface area (Å²) in [6.07, 6.45) is 2.68. The average Bonchev–Trinajstić information content (AvgIpc) is 3.20. The number of aromatic nitrogens is 3. The van der Waals surface area contributed by atoms with Gasteiger partial charge in [0.05, 0.1) is 37.0 Å². The standard InChI is InChI=1S/C18H25N5O2S/c1-13-21-15(9-26-13)8-24-7-14-4-5-25-18(14)10-23(11-18)17-6-16(22(2)3)19-12-20-17/h6,9,12,14H,4-5,7-8,10-11H2,1-3H3. The van der Waals surface area contributed by atoms with Crippen LogP contribution in [0.1, 0.15) is 17.1 Å². The number of anilines is 2. The molecule has 2 aromatic heterocycles. The van der Waals surface area contributed by atoms with Crippen molar-refractivity contribution in [3.63, 3.8) is 0 Å². The first-order valence-electron chi connectivity index (χ1n) is 8.93. The molecule has 8 heteroatoms. The zero-order chi connectivity index (χ0) is 18.1. The summed E-state index contributed by atoms with van der Waals surface area (Å²) in [5.41, 5.74) is 0.925. The molecule has 4 heterocycles. The van der Waals surface area contributed by atoms with Crippen molar-refractivity contribution in [3.05, 3.63) is 28.5 Å².